The van der Waals surface area contributed by atoms with E-state index in [0.29, 0.717) is 0 Å². The number of nitro benzene ring substituents is 1. The van der Waals surface area contributed by atoms with Crippen LogP contribution in [0.15, 0.2) is 36.4 Å². The Bertz CT molecular complexity index is 680. The first-order chi connectivity index (χ1) is 10.5. The molecule has 0 amide bonds. The fourth-order valence-electron chi connectivity index (χ4n) is 2.10. The summed E-state index contributed by atoms with van der Waals surface area (Å²) in [6.07, 6.45) is 3.79. The maximum atomic E-state index is 10.6. The quantitative estimate of drug-likeness (QED) is 0.474. The summed E-state index contributed by atoms with van der Waals surface area (Å²) in [4.78, 5) is 10.2. The Morgan fingerprint density at radius 3 is 1.91 bits per heavy atom. The third-order valence-corrected chi connectivity index (χ3v) is 3.35. The van der Waals surface area contributed by atoms with Crippen LogP contribution in [-0.2, 0) is 0 Å². The van der Waals surface area contributed by atoms with Gasteiger partial charge >= 0.3 is 0 Å². The van der Waals surface area contributed by atoms with Gasteiger partial charge in [0.2, 0.25) is 0 Å². The van der Waals surface area contributed by atoms with E-state index in [4.69, 9.17) is 9.47 Å². The van der Waals surface area contributed by atoms with Gasteiger partial charge in [-0.3, -0.25) is 10.1 Å². The molecule has 0 aliphatic carbocycles. The van der Waals surface area contributed by atoms with Gasteiger partial charge in [0.1, 0.15) is 11.5 Å². The summed E-state index contributed by atoms with van der Waals surface area (Å²) in [6.45, 7) is 1.93. The number of non-ortho nitro benzene ring substituents is 1. The second-order valence-electron chi connectivity index (χ2n) is 4.73. The predicted molar refractivity (Wildman–Crippen MR) is 86.3 cm³/mol. The van der Waals surface area contributed by atoms with Crippen LogP contribution in [0.4, 0.5) is 5.69 Å². The van der Waals surface area contributed by atoms with E-state index in [-0.39, 0.29) is 5.69 Å². The number of benzene rings is 2. The zero-order valence-electron chi connectivity index (χ0n) is 12.7. The predicted octanol–water partition coefficient (Wildman–Crippen LogP) is 4.09. The normalized spacial score (nSPS) is 10.7. The minimum Gasteiger partial charge on any atom is -0.496 e. The molecule has 114 valence electrons. The van der Waals surface area contributed by atoms with Crippen molar-refractivity contribution < 1.29 is 14.4 Å². The molecule has 0 saturated heterocycles. The molecular weight excluding hydrogens is 282 g/mol. The molecule has 0 aliphatic rings. The second-order valence-corrected chi connectivity index (χ2v) is 4.73. The zero-order chi connectivity index (χ0) is 16.1. The van der Waals surface area contributed by atoms with E-state index in [1.165, 1.54) is 12.1 Å². The minimum absolute atomic E-state index is 0.0795. The van der Waals surface area contributed by atoms with E-state index in [1.807, 2.05) is 31.2 Å². The van der Waals surface area contributed by atoms with Crippen molar-refractivity contribution in [2.24, 2.45) is 0 Å². The average molecular weight is 299 g/mol. The molecule has 0 atom stereocenters. The zero-order valence-corrected chi connectivity index (χ0v) is 12.7. The van der Waals surface area contributed by atoms with E-state index in [1.54, 1.807) is 26.4 Å². The minimum atomic E-state index is -0.413. The molecule has 0 saturated carbocycles. The van der Waals surface area contributed by atoms with Gasteiger partial charge in [0.05, 0.1) is 19.1 Å². The number of ether oxygens (including phenoxy) is 2. The Balaban J connectivity index is 2.27. The molecule has 0 radical (unpaired) electrons. The molecule has 2 aromatic carbocycles. The molecule has 5 heteroatoms. The Labute approximate surface area is 129 Å². The first-order valence-corrected chi connectivity index (χ1v) is 6.70. The molecule has 0 unspecified atom stereocenters. The van der Waals surface area contributed by atoms with Crippen molar-refractivity contribution in [2.75, 3.05) is 14.2 Å². The Morgan fingerprint density at radius 1 is 0.955 bits per heavy atom. The smallest absolute Gasteiger partial charge is 0.269 e. The summed E-state index contributed by atoms with van der Waals surface area (Å²) < 4.78 is 10.7. The van der Waals surface area contributed by atoms with E-state index < -0.39 is 4.92 Å². The van der Waals surface area contributed by atoms with Crippen molar-refractivity contribution in [1.29, 1.82) is 0 Å². The lowest BCUT2D eigenvalue weighted by Crippen LogP contribution is -1.93. The molecule has 5 nitrogen and oxygen atoms in total. The van der Waals surface area contributed by atoms with Gasteiger partial charge in [0.25, 0.3) is 5.69 Å². The van der Waals surface area contributed by atoms with Crippen molar-refractivity contribution in [2.45, 2.75) is 6.92 Å². The first-order valence-electron chi connectivity index (χ1n) is 6.70. The van der Waals surface area contributed by atoms with Crippen LogP contribution in [0.5, 0.6) is 11.5 Å². The van der Waals surface area contributed by atoms with Crippen LogP contribution >= 0.6 is 0 Å². The van der Waals surface area contributed by atoms with Crippen LogP contribution in [0, 0.1) is 17.0 Å². The maximum absolute atomic E-state index is 10.6. The van der Waals surface area contributed by atoms with Crippen LogP contribution in [0.2, 0.25) is 0 Å². The van der Waals surface area contributed by atoms with Crippen molar-refractivity contribution in [3.05, 3.63) is 63.2 Å². The summed E-state index contributed by atoms with van der Waals surface area (Å²) in [7, 11) is 3.23. The van der Waals surface area contributed by atoms with Crippen LogP contribution in [-0.4, -0.2) is 19.1 Å². The van der Waals surface area contributed by atoms with Crippen LogP contribution in [0.25, 0.3) is 12.2 Å². The standard InChI is InChI=1S/C17H17NO4/c1-12-16(21-2)10-14(11-17(12)22-3)5-4-13-6-8-15(9-7-13)18(19)20/h4-11H,1-3H3/b5-4+. The third-order valence-electron chi connectivity index (χ3n) is 3.35. The molecule has 0 aliphatic heterocycles. The largest absolute Gasteiger partial charge is 0.496 e. The molecule has 22 heavy (non-hydrogen) atoms. The lowest BCUT2D eigenvalue weighted by molar-refractivity contribution is -0.384. The molecule has 0 fully saturated rings. The molecule has 0 spiro atoms. The van der Waals surface area contributed by atoms with Crippen molar-refractivity contribution >= 4 is 17.8 Å². The summed E-state index contributed by atoms with van der Waals surface area (Å²) in [6, 6.07) is 10.2. The van der Waals surface area contributed by atoms with Gasteiger partial charge in [-0.15, -0.1) is 0 Å². The lowest BCUT2D eigenvalue weighted by atomic mass is 10.1. The van der Waals surface area contributed by atoms with Crippen LogP contribution in [0.3, 0.4) is 0 Å². The fourth-order valence-corrected chi connectivity index (χ4v) is 2.10. The average Bonchev–Trinajstić information content (AvgIpc) is 2.54. The van der Waals surface area contributed by atoms with E-state index in [2.05, 4.69) is 0 Å². The van der Waals surface area contributed by atoms with Gasteiger partial charge < -0.3 is 9.47 Å². The Hall–Kier alpha value is -2.82. The van der Waals surface area contributed by atoms with Gasteiger partial charge in [0, 0.05) is 17.7 Å². The number of methoxy groups -OCH3 is 2. The highest BCUT2D eigenvalue weighted by atomic mass is 16.6. The molecule has 2 rings (SSSR count). The van der Waals surface area contributed by atoms with E-state index in [9.17, 15) is 10.1 Å². The van der Waals surface area contributed by atoms with Crippen LogP contribution < -0.4 is 9.47 Å². The van der Waals surface area contributed by atoms with Crippen molar-refractivity contribution in [3.63, 3.8) is 0 Å². The topological polar surface area (TPSA) is 61.6 Å². The lowest BCUT2D eigenvalue weighted by Gasteiger charge is -2.10. The van der Waals surface area contributed by atoms with Crippen LogP contribution in [0.1, 0.15) is 16.7 Å². The molecule has 0 N–H and O–H groups in total. The maximum Gasteiger partial charge on any atom is 0.269 e. The monoisotopic (exact) mass is 299 g/mol. The van der Waals surface area contributed by atoms with Gasteiger partial charge in [-0.1, -0.05) is 12.2 Å². The number of hydrogen-bond acceptors (Lipinski definition) is 4. The SMILES string of the molecule is COc1cc(/C=C/c2ccc([N+](=O)[O-])cc2)cc(OC)c1C. The summed E-state index contributed by atoms with van der Waals surface area (Å²) in [5.74, 6) is 1.50. The second kappa shape index (κ2) is 6.76. The van der Waals surface area contributed by atoms with Gasteiger partial charge in [-0.2, -0.15) is 0 Å². The summed E-state index contributed by atoms with van der Waals surface area (Å²) in [5.41, 5.74) is 2.83. The molecule has 0 heterocycles. The fraction of sp³-hybridized carbons (Fsp3) is 0.176. The summed E-state index contributed by atoms with van der Waals surface area (Å²) >= 11 is 0. The highest BCUT2D eigenvalue weighted by Gasteiger charge is 2.07. The van der Waals surface area contributed by atoms with E-state index >= 15 is 0 Å². The molecule has 0 aromatic heterocycles. The number of hydrogen-bond donors (Lipinski definition) is 0. The molecular formula is C17H17NO4. The van der Waals surface area contributed by atoms with Gasteiger partial charge in [-0.25, -0.2) is 0 Å². The van der Waals surface area contributed by atoms with Crippen molar-refractivity contribution in [3.8, 4) is 11.5 Å². The highest BCUT2D eigenvalue weighted by molar-refractivity contribution is 5.72. The van der Waals surface area contributed by atoms with Crippen molar-refractivity contribution in [1.82, 2.24) is 0 Å². The Morgan fingerprint density at radius 2 is 1.45 bits per heavy atom. The highest BCUT2D eigenvalue weighted by Crippen LogP contribution is 2.30. The number of rotatable bonds is 5. The third kappa shape index (κ3) is 3.44. The summed E-state index contributed by atoms with van der Waals surface area (Å²) in [5, 5.41) is 10.6. The van der Waals surface area contributed by atoms with E-state index in [0.717, 1.165) is 28.2 Å². The first kappa shape index (κ1) is 15.6. The number of nitrogens with zero attached hydrogens (tertiary/aromatic N) is 1. The number of nitro groups is 1. The van der Waals surface area contributed by atoms with Gasteiger partial charge in [0.15, 0.2) is 0 Å². The molecule has 0 bridgehead atoms. The molecule has 2 aromatic rings. The Kier molecular flexibility index (Phi) is 4.78. The van der Waals surface area contributed by atoms with Gasteiger partial charge in [-0.05, 0) is 42.3 Å².